The van der Waals surface area contributed by atoms with Gasteiger partial charge in [-0.3, -0.25) is 24.1 Å². The molecule has 5 N–H and O–H groups in total. The molecule has 3 aliphatic rings. The summed E-state index contributed by atoms with van der Waals surface area (Å²) >= 11 is 4.39. The predicted molar refractivity (Wildman–Crippen MR) is 339 cm³/mol. The molecule has 0 saturated carbocycles. The van der Waals surface area contributed by atoms with Gasteiger partial charge >= 0.3 is 5.97 Å². The van der Waals surface area contributed by atoms with E-state index in [1.165, 1.54) is 33.6 Å². The Kier molecular flexibility index (Phi) is 20.4. The number of carbonyl (C=O) groups is 5. The molecule has 3 aromatic carbocycles. The molecular weight excluding hydrogens is 1180 g/mol. The van der Waals surface area contributed by atoms with Gasteiger partial charge in [-0.1, -0.05) is 86.8 Å². The number of fused-ring (bicyclic) bond motifs is 2. The van der Waals surface area contributed by atoms with Crippen LogP contribution in [-0.4, -0.2) is 150 Å². The molecule has 3 aliphatic heterocycles. The number of para-hydroxylation sites is 1. The first-order chi connectivity index (χ1) is 42.3. The molecule has 0 spiro atoms. The number of unbranched alkanes of at least 4 members (excludes halogenated alkanes) is 2. The monoisotopic (exact) mass is 1250 g/mol. The highest BCUT2D eigenvalue weighted by Crippen LogP contribution is 2.38. The highest BCUT2D eigenvalue weighted by Gasteiger charge is 2.45. The van der Waals surface area contributed by atoms with E-state index in [0.29, 0.717) is 110 Å². The maximum atomic E-state index is 15.2. The number of anilines is 4. The molecule has 20 nitrogen and oxygen atoms in total. The first-order valence-electron chi connectivity index (χ1n) is 29.8. The molecule has 0 unspecified atom stereocenters. The van der Waals surface area contributed by atoms with Crippen LogP contribution in [0.1, 0.15) is 123 Å². The molecule has 0 bridgehead atoms. The van der Waals surface area contributed by atoms with Crippen LogP contribution in [0.5, 0.6) is 5.75 Å². The number of rotatable bonds is 22. The number of aliphatic hydroxyl groups excluding tert-OH is 1. The van der Waals surface area contributed by atoms with Crippen LogP contribution in [0.3, 0.4) is 0 Å². The Morgan fingerprint density at radius 2 is 1.68 bits per heavy atom. The fraction of sp³-hybridized carbons (Fsp3) is 0.438. The van der Waals surface area contributed by atoms with Crippen LogP contribution in [0.15, 0.2) is 78.3 Å². The molecular formula is C64H73FN12O8S3. The summed E-state index contributed by atoms with van der Waals surface area (Å²) in [6.45, 7) is 13.0. The van der Waals surface area contributed by atoms with Crippen molar-refractivity contribution in [3.05, 3.63) is 117 Å². The number of aliphatic hydroxyl groups is 1. The van der Waals surface area contributed by atoms with Crippen molar-refractivity contribution < 1.29 is 43.3 Å². The third kappa shape index (κ3) is 15.7. The topological polar surface area (TPSA) is 249 Å². The number of aromatic nitrogens is 5. The maximum Gasteiger partial charge on any atom is 0.355 e. The van der Waals surface area contributed by atoms with E-state index in [1.54, 1.807) is 23.5 Å². The van der Waals surface area contributed by atoms with E-state index in [9.17, 15) is 34.2 Å². The summed E-state index contributed by atoms with van der Waals surface area (Å²) in [6, 6.07) is 20.2. The van der Waals surface area contributed by atoms with Crippen molar-refractivity contribution in [1.29, 1.82) is 0 Å². The Balaban J connectivity index is 0.611. The lowest BCUT2D eigenvalue weighted by molar-refractivity contribution is -0.144. The zero-order valence-corrected chi connectivity index (χ0v) is 52.5. The van der Waals surface area contributed by atoms with Gasteiger partial charge in [-0.25, -0.2) is 24.1 Å². The molecule has 10 rings (SSSR count). The maximum absolute atomic E-state index is 15.2. The van der Waals surface area contributed by atoms with Gasteiger partial charge in [0.15, 0.2) is 39.2 Å². The molecule has 2 fully saturated rings. The first kappa shape index (κ1) is 63.1. The van der Waals surface area contributed by atoms with E-state index in [4.69, 9.17) is 4.74 Å². The number of piperazine rings is 1. The molecule has 462 valence electrons. The number of nitrogens with zero attached hydrogens (tertiary/aromatic N) is 9. The van der Waals surface area contributed by atoms with E-state index >= 15 is 4.39 Å². The number of carboxylic acid groups (broad SMARTS) is 1. The quantitative estimate of drug-likeness (QED) is 0.0313. The Morgan fingerprint density at radius 1 is 0.898 bits per heavy atom. The Bertz CT molecular complexity index is 3680. The van der Waals surface area contributed by atoms with Crippen LogP contribution in [0.4, 0.5) is 26.3 Å². The molecule has 7 aromatic rings. The van der Waals surface area contributed by atoms with Crippen molar-refractivity contribution in [2.24, 2.45) is 5.41 Å². The van der Waals surface area contributed by atoms with Crippen LogP contribution in [-0.2, 0) is 32.0 Å². The zero-order valence-electron chi connectivity index (χ0n) is 50.0. The molecule has 7 heterocycles. The SMILES string of the molecule is Cc1ncsc1-c1ccc([C@H](C)NC(=O)[C@H]2C[C@@H](O)CN2C(=O)[C@H](NC(=O)CCCCCC(=O)N2CCN(CC#Cc3ccc(OCCCc4sc(N5CCCc6cc(Nc7nc8ccccc8s7)nnc65)nc4C(=O)O)c(F)c3)CC2)C(C)(C)C)cc1. The fourth-order valence-electron chi connectivity index (χ4n) is 11.1. The Labute approximate surface area is 523 Å². The summed E-state index contributed by atoms with van der Waals surface area (Å²) in [7, 11) is 0. The molecule has 2 saturated heterocycles. The lowest BCUT2D eigenvalue weighted by Gasteiger charge is -2.35. The average molecular weight is 1250 g/mol. The number of β-amino-alcohol motifs (C(OH)–C–C–N with tert-alkyl or cyclic N) is 1. The average Bonchev–Trinajstić information content (AvgIpc) is 3.15. The smallest absolute Gasteiger partial charge is 0.355 e. The molecule has 24 heteroatoms. The van der Waals surface area contributed by atoms with Crippen LogP contribution in [0, 0.1) is 30.0 Å². The van der Waals surface area contributed by atoms with E-state index in [0.717, 1.165) is 50.3 Å². The number of carbonyl (C=O) groups excluding carboxylic acids is 4. The summed E-state index contributed by atoms with van der Waals surface area (Å²) in [5.74, 6) is 4.74. The van der Waals surface area contributed by atoms with E-state index < -0.39 is 41.3 Å². The standard InChI is InChI=1S/C64H73FN12O8S3/c1-39(42-22-24-43(25-23-42)56-40(2)66-38-86-56)67-59(81)48-36-45(78)37-77(48)60(82)57(64(3,4)5)70-53(79)19-7-6-8-20-54(80)75-31-29-74(30-32-75)27-11-14-41-21-26-49(46(65)34-41)85-33-13-18-51-55(61(83)84)71-63(88-51)76-28-12-15-44-35-52(72-73-58(44)76)69-62-68-47-16-9-10-17-50(47)87-62/h9-10,16-17,21-26,34-35,38-39,45,48,57,78H,6-8,12-13,15,18-20,27-33,36-37H2,1-5H3,(H,67,81)(H,70,79)(H,83,84)(H,68,69,72)/t39-,45+,48+,57-/m0/s1. The number of halogens is 1. The summed E-state index contributed by atoms with van der Waals surface area (Å²) in [5, 5.41) is 40.2. The van der Waals surface area contributed by atoms with Gasteiger partial charge < -0.3 is 45.6 Å². The van der Waals surface area contributed by atoms with Crippen LogP contribution in [0.2, 0.25) is 0 Å². The van der Waals surface area contributed by atoms with Gasteiger partial charge in [0.05, 0.1) is 51.6 Å². The Morgan fingerprint density at radius 3 is 2.42 bits per heavy atom. The first-order valence-corrected chi connectivity index (χ1v) is 32.4. The van der Waals surface area contributed by atoms with E-state index in [1.807, 2.05) is 105 Å². The minimum absolute atomic E-state index is 0.0194. The number of nitrogens with one attached hydrogen (secondary N) is 3. The summed E-state index contributed by atoms with van der Waals surface area (Å²) < 4.78 is 22.1. The molecule has 4 atom stereocenters. The van der Waals surface area contributed by atoms with Gasteiger partial charge in [-0.2, -0.15) is 0 Å². The van der Waals surface area contributed by atoms with Crippen molar-refractivity contribution in [1.82, 2.24) is 50.5 Å². The largest absolute Gasteiger partial charge is 0.491 e. The van der Waals surface area contributed by atoms with E-state index in [-0.39, 0.29) is 61.2 Å². The fourth-order valence-corrected chi connectivity index (χ4v) is 13.9. The minimum Gasteiger partial charge on any atom is -0.491 e. The van der Waals surface area contributed by atoms with Crippen molar-refractivity contribution in [3.8, 4) is 28.0 Å². The number of benzene rings is 3. The predicted octanol–water partition coefficient (Wildman–Crippen LogP) is 9.47. The van der Waals surface area contributed by atoms with Crippen molar-refractivity contribution in [3.63, 3.8) is 0 Å². The molecule has 4 aromatic heterocycles. The number of thiazole rings is 3. The number of carboxylic acids is 1. The molecule has 0 radical (unpaired) electrons. The number of likely N-dealkylation sites (tertiary alicyclic amines) is 1. The third-order valence-corrected chi connectivity index (χ3v) is 19.0. The van der Waals surface area contributed by atoms with Gasteiger partial charge in [0.25, 0.3) is 0 Å². The molecule has 0 aliphatic carbocycles. The second-order valence-electron chi connectivity index (χ2n) is 23.5. The van der Waals surface area contributed by atoms with E-state index in [2.05, 4.69) is 57.8 Å². The second-order valence-corrected chi connectivity index (χ2v) is 26.5. The zero-order chi connectivity index (χ0) is 62.1. The number of aryl methyl sites for hydroxylation is 3. The second kappa shape index (κ2) is 28.5. The number of amides is 4. The number of hydrogen-bond donors (Lipinski definition) is 5. The highest BCUT2D eigenvalue weighted by molar-refractivity contribution is 7.22. The number of hydrogen-bond acceptors (Lipinski definition) is 18. The lowest BCUT2D eigenvalue weighted by Crippen LogP contribution is -2.57. The van der Waals surface area contributed by atoms with Gasteiger partial charge in [0, 0.05) is 74.5 Å². The van der Waals surface area contributed by atoms with Crippen LogP contribution < -0.4 is 25.6 Å². The summed E-state index contributed by atoms with van der Waals surface area (Å²) in [6.07, 6.45) is 3.90. The minimum atomic E-state index is -1.13. The number of aromatic carboxylic acids is 1. The van der Waals surface area contributed by atoms with Gasteiger partial charge in [0.2, 0.25) is 23.6 Å². The van der Waals surface area contributed by atoms with Gasteiger partial charge in [-0.15, -0.1) is 32.9 Å². The normalized spacial score (nSPS) is 16.8. The van der Waals surface area contributed by atoms with Gasteiger partial charge in [-0.05, 0) is 105 Å². The number of ether oxygens (including phenoxy) is 1. The van der Waals surface area contributed by atoms with Crippen LogP contribution >= 0.6 is 34.0 Å². The van der Waals surface area contributed by atoms with Crippen molar-refractivity contribution >= 4 is 95.7 Å². The lowest BCUT2D eigenvalue weighted by atomic mass is 9.85. The molecule has 4 amide bonds. The van der Waals surface area contributed by atoms with Crippen LogP contribution in [0.25, 0.3) is 20.7 Å². The third-order valence-electron chi connectivity index (χ3n) is 15.9. The highest BCUT2D eigenvalue weighted by atomic mass is 32.1. The summed E-state index contributed by atoms with van der Waals surface area (Å²) in [4.78, 5) is 89.2. The summed E-state index contributed by atoms with van der Waals surface area (Å²) in [5.41, 5.74) is 6.35. The van der Waals surface area contributed by atoms with Gasteiger partial charge in [0.1, 0.15) is 12.1 Å². The van der Waals surface area contributed by atoms with Crippen molar-refractivity contribution in [2.75, 3.05) is 62.6 Å². The van der Waals surface area contributed by atoms with Crippen molar-refractivity contribution in [2.45, 2.75) is 123 Å². The Hall–Kier alpha value is -7.95. The molecule has 88 heavy (non-hydrogen) atoms.